The number of para-hydroxylation sites is 1. The largest absolute Gasteiger partial charge is 0.507 e. The summed E-state index contributed by atoms with van der Waals surface area (Å²) in [5.74, 6) is 0.141. The van der Waals surface area contributed by atoms with Crippen molar-refractivity contribution < 1.29 is 15.1 Å². The minimum absolute atomic E-state index is 0.00712. The smallest absolute Gasteiger partial charge is 0.296 e. The van der Waals surface area contributed by atoms with Crippen molar-refractivity contribution >= 4 is 17.1 Å². The molecule has 0 heterocycles. The topological polar surface area (TPSA) is 108 Å². The average molecular weight is 419 g/mol. The second kappa shape index (κ2) is 9.06. The maximum absolute atomic E-state index is 11.2. The Bertz CT molecular complexity index is 1130. The number of phenolic OH excluding ortho intramolecular Hbond substituents is 1. The Hall–Kier alpha value is -3.58. The Balaban J connectivity index is 2.15. The van der Waals surface area contributed by atoms with E-state index >= 15 is 0 Å². The minimum Gasteiger partial charge on any atom is -0.507 e. The van der Waals surface area contributed by atoms with E-state index in [0.29, 0.717) is 23.2 Å². The third-order valence-electron chi connectivity index (χ3n) is 4.92. The summed E-state index contributed by atoms with van der Waals surface area (Å²) in [6.07, 6.45) is 0.455. The highest BCUT2D eigenvalue weighted by Gasteiger charge is 2.23. The molecule has 0 unspecified atom stereocenters. The number of rotatable bonds is 6. The molecule has 3 rings (SSSR count). The summed E-state index contributed by atoms with van der Waals surface area (Å²) < 4.78 is 0. The van der Waals surface area contributed by atoms with Crippen molar-refractivity contribution in [2.24, 2.45) is 10.2 Å². The minimum atomic E-state index is -0.500. The van der Waals surface area contributed by atoms with Gasteiger partial charge in [0, 0.05) is 29.4 Å². The predicted octanol–water partition coefficient (Wildman–Crippen LogP) is 6.22. The van der Waals surface area contributed by atoms with Gasteiger partial charge in [-0.3, -0.25) is 10.1 Å². The van der Waals surface area contributed by atoms with Crippen LogP contribution < -0.4 is 0 Å². The van der Waals surface area contributed by atoms with Gasteiger partial charge < -0.3 is 10.2 Å². The van der Waals surface area contributed by atoms with Crippen LogP contribution >= 0.6 is 0 Å². The zero-order valence-electron chi connectivity index (χ0n) is 17.7. The molecule has 0 saturated heterocycles. The maximum Gasteiger partial charge on any atom is 0.296 e. The first kappa shape index (κ1) is 22.1. The van der Waals surface area contributed by atoms with Crippen molar-refractivity contribution in [2.45, 2.75) is 32.6 Å². The number of benzene rings is 3. The van der Waals surface area contributed by atoms with Gasteiger partial charge in [-0.15, -0.1) is 10.2 Å². The van der Waals surface area contributed by atoms with Crippen molar-refractivity contribution in [1.29, 1.82) is 0 Å². The van der Waals surface area contributed by atoms with Crippen molar-refractivity contribution in [1.82, 2.24) is 0 Å². The number of aromatic hydroxyl groups is 1. The van der Waals surface area contributed by atoms with E-state index in [1.807, 2.05) is 45.0 Å². The average Bonchev–Trinajstić information content (AvgIpc) is 2.73. The van der Waals surface area contributed by atoms with Gasteiger partial charge in [-0.05, 0) is 35.6 Å². The van der Waals surface area contributed by atoms with Crippen LogP contribution in [0.1, 0.15) is 31.9 Å². The normalized spacial score (nSPS) is 11.7. The molecule has 2 N–H and O–H groups in total. The molecular weight excluding hydrogens is 394 g/mol. The Labute approximate surface area is 180 Å². The zero-order valence-corrected chi connectivity index (χ0v) is 17.7. The number of nitrogens with zero attached hydrogens (tertiary/aromatic N) is 3. The van der Waals surface area contributed by atoms with Gasteiger partial charge in [-0.25, -0.2) is 0 Å². The Kier molecular flexibility index (Phi) is 6.46. The Morgan fingerprint density at radius 2 is 1.55 bits per heavy atom. The van der Waals surface area contributed by atoms with Crippen LogP contribution in [0.4, 0.5) is 17.1 Å². The third kappa shape index (κ3) is 4.95. The van der Waals surface area contributed by atoms with Crippen LogP contribution in [0.2, 0.25) is 0 Å². The molecule has 0 aliphatic heterocycles. The fourth-order valence-corrected chi connectivity index (χ4v) is 3.34. The molecule has 0 bridgehead atoms. The van der Waals surface area contributed by atoms with Crippen LogP contribution in [0, 0.1) is 10.1 Å². The molecule has 0 aromatic heterocycles. The Morgan fingerprint density at radius 1 is 0.935 bits per heavy atom. The maximum atomic E-state index is 11.2. The number of aliphatic hydroxyl groups is 1. The van der Waals surface area contributed by atoms with Crippen LogP contribution in [0.25, 0.3) is 11.1 Å². The van der Waals surface area contributed by atoms with E-state index in [2.05, 4.69) is 10.2 Å². The second-order valence-corrected chi connectivity index (χ2v) is 8.23. The highest BCUT2D eigenvalue weighted by Crippen LogP contribution is 2.43. The summed E-state index contributed by atoms with van der Waals surface area (Å²) in [5.41, 5.74) is 3.05. The number of aliphatic hydroxyl groups excluding tert-OH is 1. The van der Waals surface area contributed by atoms with Crippen LogP contribution in [0.3, 0.4) is 0 Å². The molecule has 3 aromatic rings. The molecule has 160 valence electrons. The highest BCUT2D eigenvalue weighted by atomic mass is 16.6. The summed E-state index contributed by atoms with van der Waals surface area (Å²) >= 11 is 0. The summed E-state index contributed by atoms with van der Waals surface area (Å²) in [4.78, 5) is 10.7. The molecule has 7 heteroatoms. The van der Waals surface area contributed by atoms with E-state index < -0.39 is 4.92 Å². The van der Waals surface area contributed by atoms with Crippen molar-refractivity contribution in [3.63, 3.8) is 0 Å². The number of hydrogen-bond donors (Lipinski definition) is 2. The van der Waals surface area contributed by atoms with Gasteiger partial charge in [-0.1, -0.05) is 57.2 Å². The molecule has 0 fully saturated rings. The highest BCUT2D eigenvalue weighted by molar-refractivity contribution is 5.81. The summed E-state index contributed by atoms with van der Waals surface area (Å²) in [5, 5.41) is 40.1. The SMILES string of the molecule is CC(C)(C)c1cc(CCO)cc(-c2ccccc2N=Nc2ccccc2[N+](=O)[O-])c1O. The van der Waals surface area contributed by atoms with Gasteiger partial charge >= 0.3 is 0 Å². The standard InChI is InChI=1S/C24H25N3O4/c1-24(2,3)19-15-16(12-13-28)14-18(23(19)29)17-8-4-5-9-20(17)25-26-21-10-6-7-11-22(21)27(30)31/h4-11,14-15,28-29H,12-13H2,1-3H3. The van der Waals surface area contributed by atoms with Crippen molar-refractivity contribution in [3.8, 4) is 16.9 Å². The van der Waals surface area contributed by atoms with Gasteiger partial charge in [0.2, 0.25) is 0 Å². The van der Waals surface area contributed by atoms with Crippen molar-refractivity contribution in [3.05, 3.63) is 81.9 Å². The van der Waals surface area contributed by atoms with E-state index in [9.17, 15) is 20.3 Å². The number of nitro groups is 1. The lowest BCUT2D eigenvalue weighted by Crippen LogP contribution is -2.12. The van der Waals surface area contributed by atoms with Gasteiger partial charge in [0.1, 0.15) is 5.75 Å². The first-order chi connectivity index (χ1) is 14.7. The molecule has 0 spiro atoms. The van der Waals surface area contributed by atoms with E-state index in [1.54, 1.807) is 24.3 Å². The second-order valence-electron chi connectivity index (χ2n) is 8.23. The monoisotopic (exact) mass is 419 g/mol. The number of phenols is 1. The van der Waals surface area contributed by atoms with Gasteiger partial charge in [0.15, 0.2) is 5.69 Å². The molecule has 31 heavy (non-hydrogen) atoms. The third-order valence-corrected chi connectivity index (χ3v) is 4.92. The summed E-state index contributed by atoms with van der Waals surface area (Å²) in [6.45, 7) is 6.02. The molecule has 0 aliphatic rings. The summed E-state index contributed by atoms with van der Waals surface area (Å²) in [6, 6.07) is 17.1. The first-order valence-electron chi connectivity index (χ1n) is 9.94. The van der Waals surface area contributed by atoms with Crippen LogP contribution in [0.5, 0.6) is 5.75 Å². The van der Waals surface area contributed by atoms with E-state index in [0.717, 1.165) is 11.1 Å². The molecule has 0 radical (unpaired) electrons. The molecule has 3 aromatic carbocycles. The fraction of sp³-hybridized carbons (Fsp3) is 0.250. The lowest BCUT2D eigenvalue weighted by Gasteiger charge is -2.23. The van der Waals surface area contributed by atoms with E-state index in [-0.39, 0.29) is 29.1 Å². The molecule has 0 saturated carbocycles. The lowest BCUT2D eigenvalue weighted by atomic mass is 9.82. The van der Waals surface area contributed by atoms with Gasteiger partial charge in [-0.2, -0.15) is 0 Å². The van der Waals surface area contributed by atoms with E-state index in [1.165, 1.54) is 12.1 Å². The Morgan fingerprint density at radius 3 is 2.19 bits per heavy atom. The molecule has 7 nitrogen and oxygen atoms in total. The molecule has 0 aliphatic carbocycles. The fourth-order valence-electron chi connectivity index (χ4n) is 3.34. The van der Waals surface area contributed by atoms with Crippen molar-refractivity contribution in [2.75, 3.05) is 6.61 Å². The number of nitro benzene ring substituents is 1. The quantitative estimate of drug-likeness (QED) is 0.281. The first-order valence-corrected chi connectivity index (χ1v) is 9.94. The molecule has 0 atom stereocenters. The number of hydrogen-bond acceptors (Lipinski definition) is 6. The van der Waals surface area contributed by atoms with Crippen LogP contribution in [0.15, 0.2) is 70.9 Å². The molecule has 0 amide bonds. The van der Waals surface area contributed by atoms with Gasteiger partial charge in [0.25, 0.3) is 5.69 Å². The van der Waals surface area contributed by atoms with Gasteiger partial charge in [0.05, 0.1) is 10.6 Å². The lowest BCUT2D eigenvalue weighted by molar-refractivity contribution is -0.384. The molecular formula is C24H25N3O4. The number of azo groups is 1. The summed E-state index contributed by atoms with van der Waals surface area (Å²) in [7, 11) is 0. The zero-order chi connectivity index (χ0) is 22.6. The predicted molar refractivity (Wildman–Crippen MR) is 120 cm³/mol. The van der Waals surface area contributed by atoms with Crippen LogP contribution in [-0.2, 0) is 11.8 Å². The van der Waals surface area contributed by atoms with E-state index in [4.69, 9.17) is 0 Å². The van der Waals surface area contributed by atoms with Crippen LogP contribution in [-0.4, -0.2) is 21.7 Å².